The van der Waals surface area contributed by atoms with Gasteiger partial charge in [-0.25, -0.2) is 0 Å². The maximum Gasteiger partial charge on any atom is 0.221 e. The van der Waals surface area contributed by atoms with Crippen molar-refractivity contribution in [1.82, 2.24) is 10.6 Å². The number of carbonyl (C=O) groups is 1. The second-order valence-corrected chi connectivity index (χ2v) is 4.92. The van der Waals surface area contributed by atoms with Crippen LogP contribution < -0.4 is 15.5 Å². The van der Waals surface area contributed by atoms with Crippen LogP contribution in [-0.4, -0.2) is 39.1 Å². The Kier molecular flexibility index (Phi) is 5.21. The van der Waals surface area contributed by atoms with Crippen LogP contribution >= 0.6 is 0 Å². The Hall–Kier alpha value is -1.55. The van der Waals surface area contributed by atoms with Crippen molar-refractivity contribution in [3.05, 3.63) is 29.8 Å². The van der Waals surface area contributed by atoms with Crippen molar-refractivity contribution in [2.45, 2.75) is 19.3 Å². The first-order chi connectivity index (χ1) is 9.31. The monoisotopic (exact) mass is 261 g/mol. The van der Waals surface area contributed by atoms with Gasteiger partial charge in [0.15, 0.2) is 0 Å². The van der Waals surface area contributed by atoms with E-state index in [1.807, 2.05) is 7.05 Å². The minimum absolute atomic E-state index is 0.135. The van der Waals surface area contributed by atoms with E-state index < -0.39 is 0 Å². The van der Waals surface area contributed by atoms with Gasteiger partial charge in [0.25, 0.3) is 0 Å². The van der Waals surface area contributed by atoms with Crippen LogP contribution in [0.4, 0.5) is 5.69 Å². The summed E-state index contributed by atoms with van der Waals surface area (Å²) in [7, 11) is 1.86. The number of amides is 1. The van der Waals surface area contributed by atoms with Gasteiger partial charge in [-0.2, -0.15) is 0 Å². The molecule has 0 unspecified atom stereocenters. The molecule has 1 aromatic carbocycles. The van der Waals surface area contributed by atoms with Crippen LogP contribution in [0.25, 0.3) is 0 Å². The molecule has 0 radical (unpaired) electrons. The summed E-state index contributed by atoms with van der Waals surface area (Å²) in [6.45, 7) is 3.63. The SMILES string of the molecule is CNCCC(=O)NCCCN1CCc2ccccc21. The molecule has 1 aliphatic rings. The highest BCUT2D eigenvalue weighted by atomic mass is 16.1. The highest BCUT2D eigenvalue weighted by molar-refractivity contribution is 5.76. The number of anilines is 1. The number of hydrogen-bond acceptors (Lipinski definition) is 3. The van der Waals surface area contributed by atoms with E-state index in [2.05, 4.69) is 39.8 Å². The van der Waals surface area contributed by atoms with Gasteiger partial charge in [0.05, 0.1) is 0 Å². The maximum atomic E-state index is 11.4. The summed E-state index contributed by atoms with van der Waals surface area (Å²) in [5.41, 5.74) is 2.81. The lowest BCUT2D eigenvalue weighted by molar-refractivity contribution is -0.120. The van der Waals surface area contributed by atoms with Crippen LogP contribution in [0.3, 0.4) is 0 Å². The van der Waals surface area contributed by atoms with E-state index in [0.29, 0.717) is 6.42 Å². The minimum Gasteiger partial charge on any atom is -0.371 e. The van der Waals surface area contributed by atoms with Crippen molar-refractivity contribution in [3.8, 4) is 0 Å². The van der Waals surface area contributed by atoms with Crippen LogP contribution in [0.5, 0.6) is 0 Å². The highest BCUT2D eigenvalue weighted by Crippen LogP contribution is 2.27. The minimum atomic E-state index is 0.135. The van der Waals surface area contributed by atoms with Crippen LogP contribution in [0.2, 0.25) is 0 Å². The zero-order valence-corrected chi connectivity index (χ0v) is 11.6. The second-order valence-electron chi connectivity index (χ2n) is 4.92. The smallest absolute Gasteiger partial charge is 0.221 e. The Morgan fingerprint density at radius 1 is 1.32 bits per heavy atom. The first kappa shape index (κ1) is 13.9. The molecule has 1 aromatic rings. The third-order valence-electron chi connectivity index (χ3n) is 3.51. The lowest BCUT2D eigenvalue weighted by Crippen LogP contribution is -2.30. The van der Waals surface area contributed by atoms with Gasteiger partial charge in [-0.15, -0.1) is 0 Å². The summed E-state index contributed by atoms with van der Waals surface area (Å²) in [6, 6.07) is 8.59. The fraction of sp³-hybridized carbons (Fsp3) is 0.533. The predicted octanol–water partition coefficient (Wildman–Crippen LogP) is 1.16. The number of rotatable bonds is 7. The van der Waals surface area contributed by atoms with E-state index in [-0.39, 0.29) is 5.91 Å². The van der Waals surface area contributed by atoms with E-state index in [0.717, 1.165) is 39.0 Å². The molecule has 0 bridgehead atoms. The zero-order chi connectivity index (χ0) is 13.5. The Morgan fingerprint density at radius 2 is 2.16 bits per heavy atom. The lowest BCUT2D eigenvalue weighted by Gasteiger charge is -2.19. The molecule has 0 atom stereocenters. The molecule has 0 aromatic heterocycles. The van der Waals surface area contributed by atoms with E-state index in [4.69, 9.17) is 0 Å². The molecule has 2 rings (SSSR count). The first-order valence-corrected chi connectivity index (χ1v) is 7.05. The molecule has 0 aliphatic carbocycles. The quantitative estimate of drug-likeness (QED) is 0.724. The first-order valence-electron chi connectivity index (χ1n) is 7.05. The second kappa shape index (κ2) is 7.14. The van der Waals surface area contributed by atoms with Crippen molar-refractivity contribution in [2.75, 3.05) is 38.1 Å². The molecule has 4 nitrogen and oxygen atoms in total. The molecule has 0 fully saturated rings. The van der Waals surface area contributed by atoms with Crippen molar-refractivity contribution in [1.29, 1.82) is 0 Å². The molecule has 0 spiro atoms. The molecule has 0 saturated carbocycles. The van der Waals surface area contributed by atoms with Crippen LogP contribution in [0.1, 0.15) is 18.4 Å². The molecule has 1 aliphatic heterocycles. The fourth-order valence-electron chi connectivity index (χ4n) is 2.46. The number of fused-ring (bicyclic) bond motifs is 1. The number of carbonyl (C=O) groups excluding carboxylic acids is 1. The standard InChI is InChI=1S/C15H23N3O/c1-16-10-7-15(19)17-9-4-11-18-12-8-13-5-2-3-6-14(13)18/h2-3,5-6,16H,4,7-12H2,1H3,(H,17,19). The third-order valence-corrected chi connectivity index (χ3v) is 3.51. The summed E-state index contributed by atoms with van der Waals surface area (Å²) >= 11 is 0. The Balaban J connectivity index is 1.66. The molecule has 2 N–H and O–H groups in total. The molecular weight excluding hydrogens is 238 g/mol. The Bertz CT molecular complexity index is 420. The molecule has 1 amide bonds. The van der Waals surface area contributed by atoms with Gasteiger partial charge in [-0.3, -0.25) is 4.79 Å². The van der Waals surface area contributed by atoms with Crippen LogP contribution in [-0.2, 0) is 11.2 Å². The summed E-state index contributed by atoms with van der Waals surface area (Å²) in [5, 5.41) is 5.94. The van der Waals surface area contributed by atoms with Crippen molar-refractivity contribution in [3.63, 3.8) is 0 Å². The Labute approximate surface area is 115 Å². The summed E-state index contributed by atoms with van der Waals surface area (Å²) in [5.74, 6) is 0.135. The van der Waals surface area contributed by atoms with Gasteiger partial charge >= 0.3 is 0 Å². The van der Waals surface area contributed by atoms with Gasteiger partial charge in [-0.05, 0) is 31.5 Å². The third kappa shape index (κ3) is 3.96. The average Bonchev–Trinajstić information content (AvgIpc) is 2.85. The number of para-hydroxylation sites is 1. The van der Waals surface area contributed by atoms with Gasteiger partial charge in [-0.1, -0.05) is 18.2 Å². The lowest BCUT2D eigenvalue weighted by atomic mass is 10.2. The van der Waals surface area contributed by atoms with Crippen LogP contribution in [0.15, 0.2) is 24.3 Å². The van der Waals surface area contributed by atoms with E-state index in [1.54, 1.807) is 0 Å². The van der Waals surface area contributed by atoms with Gasteiger partial charge in [0.1, 0.15) is 0 Å². The zero-order valence-electron chi connectivity index (χ0n) is 11.6. The van der Waals surface area contributed by atoms with E-state index in [9.17, 15) is 4.79 Å². The number of hydrogen-bond donors (Lipinski definition) is 2. The van der Waals surface area contributed by atoms with Crippen molar-refractivity contribution >= 4 is 11.6 Å². The van der Waals surface area contributed by atoms with E-state index >= 15 is 0 Å². The molecule has 4 heteroatoms. The molecule has 104 valence electrons. The molecule has 1 heterocycles. The fourth-order valence-corrected chi connectivity index (χ4v) is 2.46. The number of nitrogens with one attached hydrogen (secondary N) is 2. The van der Waals surface area contributed by atoms with E-state index in [1.165, 1.54) is 11.3 Å². The normalized spacial score (nSPS) is 13.4. The van der Waals surface area contributed by atoms with Crippen molar-refractivity contribution < 1.29 is 4.79 Å². The largest absolute Gasteiger partial charge is 0.371 e. The Morgan fingerprint density at radius 3 is 3.00 bits per heavy atom. The van der Waals surface area contributed by atoms with Crippen molar-refractivity contribution in [2.24, 2.45) is 0 Å². The average molecular weight is 261 g/mol. The van der Waals surface area contributed by atoms with Gasteiger partial charge in [0.2, 0.25) is 5.91 Å². The number of benzene rings is 1. The summed E-state index contributed by atoms with van der Waals surface area (Å²) < 4.78 is 0. The van der Waals surface area contributed by atoms with Gasteiger partial charge in [0, 0.05) is 38.3 Å². The van der Waals surface area contributed by atoms with Crippen LogP contribution in [0, 0.1) is 0 Å². The maximum absolute atomic E-state index is 11.4. The molecule has 0 saturated heterocycles. The van der Waals surface area contributed by atoms with Gasteiger partial charge < -0.3 is 15.5 Å². The summed E-state index contributed by atoms with van der Waals surface area (Å²) in [6.07, 6.45) is 2.70. The number of nitrogens with zero attached hydrogens (tertiary/aromatic N) is 1. The molecule has 19 heavy (non-hydrogen) atoms. The topological polar surface area (TPSA) is 44.4 Å². The highest BCUT2D eigenvalue weighted by Gasteiger charge is 2.17. The summed E-state index contributed by atoms with van der Waals surface area (Å²) in [4.78, 5) is 13.8. The molecular formula is C15H23N3O. The predicted molar refractivity (Wildman–Crippen MR) is 78.5 cm³/mol.